The van der Waals surface area contributed by atoms with Crippen LogP contribution in [0.2, 0.25) is 0 Å². The molecular formula is C20H28N2O. The molecule has 1 saturated heterocycles. The average molecular weight is 312 g/mol. The van der Waals surface area contributed by atoms with Gasteiger partial charge in [0, 0.05) is 42.2 Å². The number of likely N-dealkylation sites (N-methyl/N-ethyl adjacent to an activating group) is 1. The fraction of sp³-hybridized carbons (Fsp3) is 0.600. The van der Waals surface area contributed by atoms with E-state index in [1.54, 1.807) is 0 Å². The second-order valence-corrected chi connectivity index (χ2v) is 8.65. The van der Waals surface area contributed by atoms with Gasteiger partial charge in [-0.15, -0.1) is 0 Å². The molecular weight excluding hydrogens is 284 g/mol. The summed E-state index contributed by atoms with van der Waals surface area (Å²) in [7, 11) is 2.22. The van der Waals surface area contributed by atoms with Gasteiger partial charge in [-0.2, -0.15) is 0 Å². The van der Waals surface area contributed by atoms with Gasteiger partial charge in [-0.1, -0.05) is 26.8 Å². The van der Waals surface area contributed by atoms with Crippen molar-refractivity contribution in [1.29, 1.82) is 0 Å². The van der Waals surface area contributed by atoms with Crippen molar-refractivity contribution in [2.24, 2.45) is 5.92 Å². The van der Waals surface area contributed by atoms with Gasteiger partial charge in [-0.3, -0.25) is 0 Å². The van der Waals surface area contributed by atoms with E-state index >= 15 is 0 Å². The Hall–Kier alpha value is -1.32. The number of rotatable bonds is 1. The normalized spacial score (nSPS) is 28.1. The number of H-pyrrole nitrogens is 1. The lowest BCUT2D eigenvalue weighted by Crippen LogP contribution is -2.48. The zero-order valence-electron chi connectivity index (χ0n) is 14.7. The third kappa shape index (κ3) is 2.33. The summed E-state index contributed by atoms with van der Waals surface area (Å²) in [6, 6.07) is 5.35. The Kier molecular flexibility index (Phi) is 3.37. The first-order chi connectivity index (χ1) is 10.9. The maximum Gasteiger partial charge on any atom is 0.0471 e. The standard InChI is InChI=1S/C20H28N2O/c1-20(2,3)14-7-16-15-5-12(11-23)10-22(4)18(15)6-13-9-21-17(8-14)19(13)16/h7-9,12,15,18,21,23H,5-6,10-11H2,1-4H3/t12?,15-,18-/m1/s1. The number of aromatic amines is 1. The van der Waals surface area contributed by atoms with Crippen LogP contribution in [0.5, 0.6) is 0 Å². The minimum absolute atomic E-state index is 0.153. The topological polar surface area (TPSA) is 39.3 Å². The Bertz CT molecular complexity index is 740. The van der Waals surface area contributed by atoms with Crippen molar-refractivity contribution in [1.82, 2.24) is 9.88 Å². The van der Waals surface area contributed by atoms with Crippen LogP contribution in [0.4, 0.5) is 0 Å². The summed E-state index contributed by atoms with van der Waals surface area (Å²) in [6.45, 7) is 8.17. The Balaban J connectivity index is 1.89. The van der Waals surface area contributed by atoms with Crippen LogP contribution in [0.3, 0.4) is 0 Å². The predicted molar refractivity (Wildman–Crippen MR) is 95.1 cm³/mol. The molecule has 4 rings (SSSR count). The molecule has 1 aromatic heterocycles. The Labute approximate surface area is 138 Å². The molecule has 1 unspecified atom stereocenters. The number of aliphatic hydroxyl groups excluding tert-OH is 1. The molecule has 2 aromatic rings. The van der Waals surface area contributed by atoms with Crippen LogP contribution >= 0.6 is 0 Å². The van der Waals surface area contributed by atoms with Crippen LogP contribution in [0.1, 0.15) is 49.8 Å². The first-order valence-corrected chi connectivity index (χ1v) is 8.84. The molecule has 2 N–H and O–H groups in total. The van der Waals surface area contributed by atoms with Crippen molar-refractivity contribution in [2.75, 3.05) is 20.2 Å². The lowest BCUT2D eigenvalue weighted by molar-refractivity contribution is 0.0771. The first-order valence-electron chi connectivity index (χ1n) is 8.84. The molecule has 2 heterocycles. The Morgan fingerprint density at radius 2 is 2.09 bits per heavy atom. The number of aromatic nitrogens is 1. The predicted octanol–water partition coefficient (Wildman–Crippen LogP) is 3.42. The Morgan fingerprint density at radius 3 is 2.78 bits per heavy atom. The van der Waals surface area contributed by atoms with Crippen LogP contribution < -0.4 is 0 Å². The molecule has 1 fully saturated rings. The summed E-state index contributed by atoms with van der Waals surface area (Å²) in [6.07, 6.45) is 4.45. The minimum atomic E-state index is 0.153. The van der Waals surface area contributed by atoms with Crippen molar-refractivity contribution in [3.63, 3.8) is 0 Å². The highest BCUT2D eigenvalue weighted by Gasteiger charge is 2.39. The lowest BCUT2D eigenvalue weighted by atomic mass is 9.71. The quantitative estimate of drug-likeness (QED) is 0.847. The van der Waals surface area contributed by atoms with E-state index in [0.29, 0.717) is 24.5 Å². The smallest absolute Gasteiger partial charge is 0.0471 e. The summed E-state index contributed by atoms with van der Waals surface area (Å²) in [5.74, 6) is 0.939. The average Bonchev–Trinajstić information content (AvgIpc) is 2.91. The molecule has 23 heavy (non-hydrogen) atoms. The van der Waals surface area contributed by atoms with E-state index in [2.05, 4.69) is 56.0 Å². The summed E-state index contributed by atoms with van der Waals surface area (Å²) in [5, 5.41) is 11.1. The van der Waals surface area contributed by atoms with Gasteiger partial charge in [0.1, 0.15) is 0 Å². The Morgan fingerprint density at radius 1 is 1.30 bits per heavy atom. The lowest BCUT2D eigenvalue weighted by Gasteiger charge is -2.45. The minimum Gasteiger partial charge on any atom is -0.396 e. The number of aliphatic hydroxyl groups is 1. The maximum atomic E-state index is 9.70. The number of nitrogens with one attached hydrogen (secondary N) is 1. The second-order valence-electron chi connectivity index (χ2n) is 8.65. The molecule has 1 aromatic carbocycles. The zero-order valence-corrected chi connectivity index (χ0v) is 14.7. The van der Waals surface area contributed by atoms with Crippen LogP contribution in [0, 0.1) is 5.92 Å². The van der Waals surface area contributed by atoms with E-state index in [9.17, 15) is 5.11 Å². The molecule has 3 heteroatoms. The fourth-order valence-electron chi connectivity index (χ4n) is 4.69. The number of benzene rings is 1. The van der Waals surface area contributed by atoms with Gasteiger partial charge in [0.15, 0.2) is 0 Å². The third-order valence-corrected chi connectivity index (χ3v) is 6.01. The molecule has 0 bridgehead atoms. The molecule has 1 aliphatic heterocycles. The van der Waals surface area contributed by atoms with Gasteiger partial charge in [0.05, 0.1) is 0 Å². The highest BCUT2D eigenvalue weighted by atomic mass is 16.3. The highest BCUT2D eigenvalue weighted by Crippen LogP contribution is 2.45. The number of likely N-dealkylation sites (tertiary alicyclic amines) is 1. The monoisotopic (exact) mass is 312 g/mol. The summed E-state index contributed by atoms with van der Waals surface area (Å²) in [4.78, 5) is 5.99. The van der Waals surface area contributed by atoms with Gasteiger partial charge >= 0.3 is 0 Å². The van der Waals surface area contributed by atoms with Gasteiger partial charge in [0.2, 0.25) is 0 Å². The van der Waals surface area contributed by atoms with Crippen LogP contribution in [-0.4, -0.2) is 41.2 Å². The van der Waals surface area contributed by atoms with Crippen molar-refractivity contribution >= 4 is 10.9 Å². The summed E-state index contributed by atoms with van der Waals surface area (Å²) < 4.78 is 0. The van der Waals surface area contributed by atoms with Crippen molar-refractivity contribution in [2.45, 2.75) is 51.0 Å². The molecule has 0 saturated carbocycles. The summed E-state index contributed by atoms with van der Waals surface area (Å²) in [5.41, 5.74) is 5.81. The zero-order chi connectivity index (χ0) is 16.4. The van der Waals surface area contributed by atoms with Crippen LogP contribution in [-0.2, 0) is 11.8 Å². The number of hydrogen-bond acceptors (Lipinski definition) is 2. The third-order valence-electron chi connectivity index (χ3n) is 6.01. The molecule has 3 nitrogen and oxygen atoms in total. The SMILES string of the molecule is CN1CC(CO)C[C@@H]2c3cc(C(C)(C)C)cc4[nH]cc(c34)C[C@H]21. The van der Waals surface area contributed by atoms with E-state index in [4.69, 9.17) is 0 Å². The summed E-state index contributed by atoms with van der Waals surface area (Å²) >= 11 is 0. The van der Waals surface area contributed by atoms with Gasteiger partial charge in [-0.25, -0.2) is 0 Å². The molecule has 3 atom stereocenters. The largest absolute Gasteiger partial charge is 0.396 e. The van der Waals surface area contributed by atoms with Gasteiger partial charge in [0.25, 0.3) is 0 Å². The first kappa shape index (κ1) is 15.2. The molecule has 1 aliphatic carbocycles. The van der Waals surface area contributed by atoms with E-state index in [0.717, 1.165) is 19.4 Å². The van der Waals surface area contributed by atoms with Crippen molar-refractivity contribution in [3.05, 3.63) is 35.0 Å². The van der Waals surface area contributed by atoms with E-state index in [1.807, 2.05) is 0 Å². The number of nitrogens with zero attached hydrogens (tertiary/aromatic N) is 1. The molecule has 0 amide bonds. The van der Waals surface area contributed by atoms with Crippen LogP contribution in [0.25, 0.3) is 10.9 Å². The molecule has 0 radical (unpaired) electrons. The second kappa shape index (κ2) is 5.09. The van der Waals surface area contributed by atoms with E-state index in [-0.39, 0.29) is 5.41 Å². The maximum absolute atomic E-state index is 9.70. The van der Waals surface area contributed by atoms with Crippen molar-refractivity contribution < 1.29 is 5.11 Å². The molecule has 0 spiro atoms. The molecule has 2 aliphatic rings. The van der Waals surface area contributed by atoms with Crippen molar-refractivity contribution in [3.8, 4) is 0 Å². The van der Waals surface area contributed by atoms with E-state index < -0.39 is 0 Å². The fourth-order valence-corrected chi connectivity index (χ4v) is 4.69. The van der Waals surface area contributed by atoms with Gasteiger partial charge in [-0.05, 0) is 54.0 Å². The number of hydrogen-bond donors (Lipinski definition) is 2. The number of fused-ring (bicyclic) bond motifs is 2. The molecule has 124 valence electrons. The van der Waals surface area contributed by atoms with E-state index in [1.165, 1.54) is 27.6 Å². The van der Waals surface area contributed by atoms with Crippen LogP contribution in [0.15, 0.2) is 18.3 Å². The van der Waals surface area contributed by atoms with Gasteiger partial charge < -0.3 is 15.0 Å². The number of piperidine rings is 1. The highest BCUT2D eigenvalue weighted by molar-refractivity contribution is 5.89.